The van der Waals surface area contributed by atoms with E-state index in [0.29, 0.717) is 10.9 Å². The van der Waals surface area contributed by atoms with Gasteiger partial charge in [-0.2, -0.15) is 9.78 Å². The lowest BCUT2D eigenvalue weighted by molar-refractivity contribution is 0.0949. The maximum Gasteiger partial charge on any atom is 0.293 e. The van der Waals surface area contributed by atoms with Gasteiger partial charge >= 0.3 is 0 Å². The third-order valence-corrected chi connectivity index (χ3v) is 6.13. The van der Waals surface area contributed by atoms with Crippen LogP contribution in [-0.2, 0) is 12.8 Å². The Hall–Kier alpha value is -4.27. The second-order valence-electron chi connectivity index (χ2n) is 7.25. The molecule has 1 amide bonds. The van der Waals surface area contributed by atoms with Crippen molar-refractivity contribution in [3.05, 3.63) is 47.5 Å². The van der Waals surface area contributed by atoms with Gasteiger partial charge in [0.15, 0.2) is 10.9 Å². The number of nitrogens with one attached hydrogen (secondary N) is 1. The zero-order valence-electron chi connectivity index (χ0n) is 19.4. The van der Waals surface area contributed by atoms with Crippen molar-refractivity contribution in [1.82, 2.24) is 45.5 Å². The number of hydrogen-bond donors (Lipinski definition) is 2. The Labute approximate surface area is 204 Å². The summed E-state index contributed by atoms with van der Waals surface area (Å²) >= 11 is 1.33. The molecule has 15 heteroatoms. The molecule has 0 aliphatic carbocycles. The lowest BCUT2D eigenvalue weighted by atomic mass is 10.2. The van der Waals surface area contributed by atoms with Crippen molar-refractivity contribution in [3.8, 4) is 5.82 Å². The minimum absolute atomic E-state index is 0.0120. The molecule has 3 heterocycles. The fraction of sp³-hybridized carbons (Fsp3) is 0.300. The summed E-state index contributed by atoms with van der Waals surface area (Å²) in [4.78, 5) is 15.1. The number of nitrogens with two attached hydrogens (primary N) is 1. The van der Waals surface area contributed by atoms with Gasteiger partial charge in [-0.15, -0.1) is 15.3 Å². The van der Waals surface area contributed by atoms with Gasteiger partial charge < -0.3 is 15.2 Å². The van der Waals surface area contributed by atoms with Gasteiger partial charge in [0.1, 0.15) is 6.33 Å². The summed E-state index contributed by atoms with van der Waals surface area (Å²) < 4.78 is 7.73. The van der Waals surface area contributed by atoms with E-state index in [9.17, 15) is 4.79 Å². The number of nitrogens with zero attached hydrogens (tertiary/aromatic N) is 10. The van der Waals surface area contributed by atoms with Crippen LogP contribution in [0.5, 0.6) is 0 Å². The van der Waals surface area contributed by atoms with Crippen LogP contribution in [0.1, 0.15) is 35.6 Å². The second-order valence-corrected chi connectivity index (χ2v) is 8.19. The molecule has 0 unspecified atom stereocenters. The first-order valence-corrected chi connectivity index (χ1v) is 11.7. The number of aromatic nitrogens is 8. The number of aryl methyl sites for hydroxylation is 1. The van der Waals surface area contributed by atoms with Gasteiger partial charge in [-0.05, 0) is 41.9 Å². The Kier molecular flexibility index (Phi) is 7.35. The molecule has 3 aromatic heterocycles. The highest BCUT2D eigenvalue weighted by atomic mass is 32.2. The summed E-state index contributed by atoms with van der Waals surface area (Å²) in [5, 5.41) is 28.0. The molecule has 0 aliphatic heterocycles. The summed E-state index contributed by atoms with van der Waals surface area (Å²) in [5.74, 6) is -0.138. The molecule has 182 valence electrons. The largest absolute Gasteiger partial charge is 0.378 e. The van der Waals surface area contributed by atoms with Crippen molar-refractivity contribution in [3.63, 3.8) is 0 Å². The summed E-state index contributed by atoms with van der Waals surface area (Å²) in [5.41, 5.74) is 10.7. The van der Waals surface area contributed by atoms with Crippen LogP contribution >= 0.6 is 11.8 Å². The van der Waals surface area contributed by atoms with Crippen molar-refractivity contribution >= 4 is 35.4 Å². The Morgan fingerprint density at radius 1 is 1.23 bits per heavy atom. The van der Waals surface area contributed by atoms with Crippen LogP contribution < -0.4 is 16.1 Å². The normalized spacial score (nSPS) is 11.3. The molecule has 0 fully saturated rings. The van der Waals surface area contributed by atoms with E-state index in [4.69, 9.17) is 5.73 Å². The minimum atomic E-state index is -0.546. The van der Waals surface area contributed by atoms with E-state index in [1.807, 2.05) is 31.3 Å². The Morgan fingerprint density at radius 2 is 2.00 bits per heavy atom. The Morgan fingerprint density at radius 3 is 2.63 bits per heavy atom. The molecule has 35 heavy (non-hydrogen) atoms. The van der Waals surface area contributed by atoms with Crippen LogP contribution in [0.15, 0.2) is 45.5 Å². The summed E-state index contributed by atoms with van der Waals surface area (Å²) in [6, 6.07) is 7.89. The van der Waals surface area contributed by atoms with Gasteiger partial charge in [-0.25, -0.2) is 10.1 Å². The zero-order valence-corrected chi connectivity index (χ0v) is 20.2. The number of hydrogen-bond acceptors (Lipinski definition) is 12. The number of anilines is 2. The first kappa shape index (κ1) is 23.9. The molecule has 0 saturated carbocycles. The van der Waals surface area contributed by atoms with Gasteiger partial charge in [-0.3, -0.25) is 4.79 Å². The lowest BCUT2D eigenvalue weighted by Gasteiger charge is -2.20. The predicted molar refractivity (Wildman–Crippen MR) is 129 cm³/mol. The summed E-state index contributed by atoms with van der Waals surface area (Å²) in [7, 11) is 1.81. The van der Waals surface area contributed by atoms with Crippen LogP contribution in [0.3, 0.4) is 0 Å². The van der Waals surface area contributed by atoms with Gasteiger partial charge in [0, 0.05) is 31.6 Å². The fourth-order valence-electron chi connectivity index (χ4n) is 3.23. The van der Waals surface area contributed by atoms with E-state index < -0.39 is 5.91 Å². The number of benzene rings is 1. The number of carbonyl (C=O) groups excluding carboxylic acids is 1. The molecular formula is C20H24N12O2S. The second kappa shape index (κ2) is 10.8. The van der Waals surface area contributed by atoms with Crippen molar-refractivity contribution in [2.45, 2.75) is 24.8 Å². The van der Waals surface area contributed by atoms with Crippen molar-refractivity contribution in [2.24, 2.45) is 12.1 Å². The molecule has 0 aliphatic rings. The highest BCUT2D eigenvalue weighted by Gasteiger charge is 2.24. The third-order valence-electron chi connectivity index (χ3n) is 5.08. The first-order valence-electron chi connectivity index (χ1n) is 10.7. The summed E-state index contributed by atoms with van der Waals surface area (Å²) in [6.45, 7) is 6.07. The minimum Gasteiger partial charge on any atom is -0.378 e. The molecular weight excluding hydrogens is 472 g/mol. The predicted octanol–water partition coefficient (Wildman–Crippen LogP) is 1.26. The number of thioether (sulfide) groups is 1. The SMILES string of the molecule is CCN(CC)c1ccc(/C=N\NC(=O)c2nnn(-c3nonc3N)c2CSc2nncn2C)cc1. The van der Waals surface area contributed by atoms with E-state index >= 15 is 0 Å². The number of hydrazone groups is 1. The van der Waals surface area contributed by atoms with Crippen molar-refractivity contribution in [2.75, 3.05) is 23.7 Å². The van der Waals surface area contributed by atoms with Gasteiger partial charge in [0.25, 0.3) is 5.91 Å². The van der Waals surface area contributed by atoms with E-state index in [1.54, 1.807) is 17.1 Å². The van der Waals surface area contributed by atoms with E-state index in [-0.39, 0.29) is 23.1 Å². The maximum absolute atomic E-state index is 12.9. The molecule has 0 bridgehead atoms. The van der Waals surface area contributed by atoms with Crippen LogP contribution in [0.4, 0.5) is 11.5 Å². The standard InChI is InChI=1S/C20H24N12O2S/c1-4-31(5-2)14-8-6-13(7-9-14)10-22-25-19(33)16-15(11-35-20-26-23-12-30(20)3)32(29-24-16)18-17(21)27-34-28-18/h6-10,12H,4-5,11H2,1-3H3,(H2,21,27)(H,25,33)/b22-10-. The molecule has 0 atom stereocenters. The fourth-order valence-corrected chi connectivity index (χ4v) is 4.11. The average Bonchev–Trinajstić information content (AvgIpc) is 3.59. The number of carbonyl (C=O) groups is 1. The van der Waals surface area contributed by atoms with Crippen LogP contribution in [-0.4, -0.2) is 65.3 Å². The highest BCUT2D eigenvalue weighted by molar-refractivity contribution is 7.98. The molecule has 1 aromatic carbocycles. The Balaban J connectivity index is 1.51. The molecule has 0 spiro atoms. The average molecular weight is 497 g/mol. The van der Waals surface area contributed by atoms with Gasteiger partial charge in [0.05, 0.1) is 11.9 Å². The maximum atomic E-state index is 12.9. The molecule has 14 nitrogen and oxygen atoms in total. The highest BCUT2D eigenvalue weighted by Crippen LogP contribution is 2.24. The topological polar surface area (TPSA) is 171 Å². The number of amides is 1. The third kappa shape index (κ3) is 5.29. The first-order chi connectivity index (χ1) is 17.0. The quantitative estimate of drug-likeness (QED) is 0.184. The Bertz CT molecular complexity index is 1310. The molecule has 3 N–H and O–H groups in total. The summed E-state index contributed by atoms with van der Waals surface area (Å²) in [6.07, 6.45) is 3.14. The smallest absolute Gasteiger partial charge is 0.293 e. The lowest BCUT2D eigenvalue weighted by Crippen LogP contribution is -2.21. The van der Waals surface area contributed by atoms with Crippen LogP contribution in [0.2, 0.25) is 0 Å². The number of nitrogen functional groups attached to an aromatic ring is 1. The number of rotatable bonds is 10. The van der Waals surface area contributed by atoms with Crippen LogP contribution in [0, 0.1) is 0 Å². The van der Waals surface area contributed by atoms with Gasteiger partial charge in [-0.1, -0.05) is 29.1 Å². The molecule has 0 saturated heterocycles. The molecule has 4 rings (SSSR count). The van der Waals surface area contributed by atoms with Gasteiger partial charge in [0.2, 0.25) is 11.6 Å². The van der Waals surface area contributed by atoms with Crippen LogP contribution in [0.25, 0.3) is 5.82 Å². The monoisotopic (exact) mass is 496 g/mol. The zero-order chi connectivity index (χ0) is 24.8. The molecule has 0 radical (unpaired) electrons. The van der Waals surface area contributed by atoms with E-state index in [1.165, 1.54) is 16.4 Å². The van der Waals surface area contributed by atoms with Crippen molar-refractivity contribution in [1.29, 1.82) is 0 Å². The van der Waals surface area contributed by atoms with Crippen molar-refractivity contribution < 1.29 is 9.42 Å². The van der Waals surface area contributed by atoms with E-state index in [2.05, 4.69) is 64.7 Å². The van der Waals surface area contributed by atoms with E-state index in [0.717, 1.165) is 24.3 Å². The molecule has 4 aromatic rings.